The van der Waals surface area contributed by atoms with Crippen LogP contribution in [0.15, 0.2) is 84.0 Å². The van der Waals surface area contributed by atoms with Crippen LogP contribution in [0.1, 0.15) is 40.4 Å². The van der Waals surface area contributed by atoms with Crippen LogP contribution in [0.3, 0.4) is 0 Å². The van der Waals surface area contributed by atoms with Gasteiger partial charge in [0.05, 0.1) is 17.2 Å². The third kappa shape index (κ3) is 4.81. The van der Waals surface area contributed by atoms with E-state index in [1.54, 1.807) is 6.21 Å². The van der Waals surface area contributed by atoms with Crippen LogP contribution in [0.2, 0.25) is 0 Å². The van der Waals surface area contributed by atoms with Crippen LogP contribution >= 0.6 is 0 Å². The van der Waals surface area contributed by atoms with Gasteiger partial charge < -0.3 is 11.1 Å². The number of fused-ring (bicyclic) bond motifs is 2. The first-order chi connectivity index (χ1) is 17.5. The van der Waals surface area contributed by atoms with Crippen molar-refractivity contribution < 1.29 is 4.79 Å². The summed E-state index contributed by atoms with van der Waals surface area (Å²) in [6.45, 7) is 4.02. The maximum atomic E-state index is 13.4. The minimum atomic E-state index is -0.285. The number of nitrogens with one attached hydrogen (secondary N) is 1. The average molecular weight is 477 g/mol. The topological polar surface area (TPSA) is 98.2 Å². The number of rotatable bonds is 7. The van der Waals surface area contributed by atoms with E-state index in [0.717, 1.165) is 24.0 Å². The summed E-state index contributed by atoms with van der Waals surface area (Å²) in [5.74, 6) is -0.0795. The number of benzene rings is 3. The predicted molar refractivity (Wildman–Crippen MR) is 145 cm³/mol. The van der Waals surface area contributed by atoms with Gasteiger partial charge in [-0.1, -0.05) is 72.3 Å². The van der Waals surface area contributed by atoms with Crippen LogP contribution in [0.25, 0.3) is 22.2 Å². The van der Waals surface area contributed by atoms with Crippen LogP contribution in [-0.2, 0) is 6.42 Å². The van der Waals surface area contributed by atoms with Crippen LogP contribution in [0.4, 0.5) is 5.82 Å². The Hall–Kier alpha value is -4.52. The van der Waals surface area contributed by atoms with E-state index < -0.39 is 0 Å². The lowest BCUT2D eigenvalue weighted by Gasteiger charge is -2.14. The Labute approximate surface area is 209 Å². The first-order valence-electron chi connectivity index (χ1n) is 12.0. The fraction of sp³-hybridized carbons (Fsp3) is 0.172. The highest BCUT2D eigenvalue weighted by molar-refractivity contribution is 6.10. The number of nitrogen functional groups attached to an aromatic ring is 1. The zero-order valence-corrected chi connectivity index (χ0v) is 20.3. The maximum absolute atomic E-state index is 13.4. The molecule has 0 aliphatic heterocycles. The lowest BCUT2D eigenvalue weighted by molar-refractivity contribution is 0.0940. The molecule has 0 bridgehead atoms. The van der Waals surface area contributed by atoms with Gasteiger partial charge in [-0.3, -0.25) is 4.79 Å². The van der Waals surface area contributed by atoms with Crippen molar-refractivity contribution in [3.63, 3.8) is 0 Å². The second-order valence-corrected chi connectivity index (χ2v) is 9.01. The van der Waals surface area contributed by atoms with Crippen molar-refractivity contribution in [1.29, 1.82) is 0 Å². The number of para-hydroxylation sites is 2. The number of anilines is 1. The molecule has 5 rings (SSSR count). The molecule has 180 valence electrons. The lowest BCUT2D eigenvalue weighted by atomic mass is 10.1. The highest BCUT2D eigenvalue weighted by Crippen LogP contribution is 2.28. The van der Waals surface area contributed by atoms with Gasteiger partial charge >= 0.3 is 0 Å². The first-order valence-corrected chi connectivity index (χ1v) is 12.0. The summed E-state index contributed by atoms with van der Waals surface area (Å²) in [5.41, 5.74) is 12.4. The molecule has 0 unspecified atom stereocenters. The van der Waals surface area contributed by atoms with Crippen molar-refractivity contribution in [2.45, 2.75) is 32.7 Å². The molecule has 7 heteroatoms. The number of carbonyl (C=O) groups is 1. The zero-order chi connectivity index (χ0) is 25.1. The summed E-state index contributed by atoms with van der Waals surface area (Å²) in [6, 6.07) is 25.7. The summed E-state index contributed by atoms with van der Waals surface area (Å²) >= 11 is 0. The fourth-order valence-corrected chi connectivity index (χ4v) is 4.26. The van der Waals surface area contributed by atoms with Gasteiger partial charge in [0.25, 0.3) is 5.91 Å². The molecular weight excluding hydrogens is 448 g/mol. The summed E-state index contributed by atoms with van der Waals surface area (Å²) < 4.78 is 1.50. The van der Waals surface area contributed by atoms with Crippen molar-refractivity contribution >= 4 is 40.1 Å². The SMILES string of the molecule is Cc1cccc(/C=N/n2c(N)c(C(=O)N[C@@H](C)CCc3ccccc3)c3nc4ccccc4nc32)c1. The largest absolute Gasteiger partial charge is 0.383 e. The Bertz CT molecular complexity index is 1570. The third-order valence-corrected chi connectivity index (χ3v) is 6.15. The van der Waals surface area contributed by atoms with Crippen molar-refractivity contribution in [2.24, 2.45) is 5.10 Å². The number of hydrogen-bond acceptors (Lipinski definition) is 5. The fourth-order valence-electron chi connectivity index (χ4n) is 4.26. The number of nitrogens with zero attached hydrogens (tertiary/aromatic N) is 4. The summed E-state index contributed by atoms with van der Waals surface area (Å²) in [7, 11) is 0. The van der Waals surface area contributed by atoms with Gasteiger partial charge in [0.2, 0.25) is 0 Å². The van der Waals surface area contributed by atoms with Crippen LogP contribution < -0.4 is 11.1 Å². The number of nitrogens with two attached hydrogens (primary N) is 1. The maximum Gasteiger partial charge on any atom is 0.257 e. The van der Waals surface area contributed by atoms with E-state index in [4.69, 9.17) is 15.7 Å². The van der Waals surface area contributed by atoms with Crippen molar-refractivity contribution in [2.75, 3.05) is 5.73 Å². The van der Waals surface area contributed by atoms with Crippen LogP contribution in [-0.4, -0.2) is 32.8 Å². The van der Waals surface area contributed by atoms with Crippen LogP contribution in [0.5, 0.6) is 0 Å². The molecule has 0 aliphatic rings. The average Bonchev–Trinajstić information content (AvgIpc) is 3.15. The van der Waals surface area contributed by atoms with E-state index >= 15 is 0 Å². The highest BCUT2D eigenvalue weighted by Gasteiger charge is 2.25. The zero-order valence-electron chi connectivity index (χ0n) is 20.3. The highest BCUT2D eigenvalue weighted by atomic mass is 16.1. The minimum Gasteiger partial charge on any atom is -0.383 e. The van der Waals surface area contributed by atoms with Gasteiger partial charge in [-0.05, 0) is 49.9 Å². The van der Waals surface area contributed by atoms with Gasteiger partial charge in [0.1, 0.15) is 16.9 Å². The van der Waals surface area contributed by atoms with Crippen molar-refractivity contribution in [3.05, 3.63) is 101 Å². The number of aryl methyl sites for hydroxylation is 2. The van der Waals surface area contributed by atoms with Gasteiger partial charge in [-0.2, -0.15) is 9.78 Å². The molecule has 0 aliphatic carbocycles. The standard InChI is InChI=1S/C29H28N6O/c1-19-9-8-12-22(17-19)18-31-35-27(30)25(26-28(35)34-24-14-7-6-13-23(24)33-26)29(36)32-20(2)15-16-21-10-4-3-5-11-21/h3-14,17-18,20H,15-16,30H2,1-2H3,(H,32,36)/b31-18+/t20-/m0/s1. The molecule has 0 saturated carbocycles. The molecule has 1 atom stereocenters. The molecule has 5 aromatic rings. The molecule has 1 amide bonds. The molecule has 0 fully saturated rings. The number of carbonyl (C=O) groups excluding carboxylic acids is 1. The number of hydrogen-bond donors (Lipinski definition) is 2. The van der Waals surface area contributed by atoms with E-state index in [9.17, 15) is 4.79 Å². The van der Waals surface area contributed by atoms with E-state index in [-0.39, 0.29) is 23.3 Å². The Morgan fingerprint density at radius 3 is 2.50 bits per heavy atom. The summed E-state index contributed by atoms with van der Waals surface area (Å²) in [6.07, 6.45) is 3.38. The summed E-state index contributed by atoms with van der Waals surface area (Å²) in [5, 5.41) is 7.68. The van der Waals surface area contributed by atoms with Gasteiger partial charge in [-0.25, -0.2) is 9.97 Å². The predicted octanol–water partition coefficient (Wildman–Crippen LogP) is 5.11. The summed E-state index contributed by atoms with van der Waals surface area (Å²) in [4.78, 5) is 23.0. The Morgan fingerprint density at radius 2 is 1.75 bits per heavy atom. The molecule has 36 heavy (non-hydrogen) atoms. The third-order valence-electron chi connectivity index (χ3n) is 6.15. The smallest absolute Gasteiger partial charge is 0.257 e. The molecule has 0 radical (unpaired) electrons. The second-order valence-electron chi connectivity index (χ2n) is 9.01. The van der Waals surface area contributed by atoms with E-state index in [0.29, 0.717) is 22.2 Å². The van der Waals surface area contributed by atoms with E-state index in [1.807, 2.05) is 80.6 Å². The van der Waals surface area contributed by atoms with Crippen molar-refractivity contribution in [1.82, 2.24) is 20.0 Å². The normalized spacial score (nSPS) is 12.4. The molecule has 7 nitrogen and oxygen atoms in total. The molecule has 0 spiro atoms. The van der Waals surface area contributed by atoms with Gasteiger partial charge in [-0.15, -0.1) is 0 Å². The Morgan fingerprint density at radius 1 is 1.03 bits per heavy atom. The van der Waals surface area contributed by atoms with Crippen molar-refractivity contribution in [3.8, 4) is 0 Å². The van der Waals surface area contributed by atoms with Crippen LogP contribution in [0, 0.1) is 6.92 Å². The quantitative estimate of drug-likeness (QED) is 0.319. The molecule has 3 N–H and O–H groups in total. The monoisotopic (exact) mass is 476 g/mol. The van der Waals surface area contributed by atoms with Gasteiger partial charge in [0.15, 0.2) is 5.65 Å². The minimum absolute atomic E-state index is 0.0558. The number of amides is 1. The Kier molecular flexibility index (Phi) is 6.45. The van der Waals surface area contributed by atoms with E-state index in [1.165, 1.54) is 10.2 Å². The number of aromatic nitrogens is 3. The van der Waals surface area contributed by atoms with Gasteiger partial charge in [0, 0.05) is 6.04 Å². The first kappa shape index (κ1) is 23.2. The molecule has 2 aromatic heterocycles. The molecular formula is C29H28N6O. The molecule has 0 saturated heterocycles. The molecule has 2 heterocycles. The lowest BCUT2D eigenvalue weighted by Crippen LogP contribution is -2.33. The van der Waals surface area contributed by atoms with E-state index in [2.05, 4.69) is 22.6 Å². The Balaban J connectivity index is 1.50. The molecule has 3 aromatic carbocycles. The second kappa shape index (κ2) is 10.00.